The maximum Gasteiger partial charge on any atom is 0.348 e. The van der Waals surface area contributed by atoms with Gasteiger partial charge in [0.1, 0.15) is 42.1 Å². The molecule has 10 nitrogen and oxygen atoms in total. The number of thiophene rings is 1. The minimum Gasteiger partial charge on any atom is -0.459 e. The van der Waals surface area contributed by atoms with Crippen LogP contribution in [0.5, 0.6) is 0 Å². The number of hydrogen-bond donors (Lipinski definition) is 7. The number of hydrogen-bond acceptors (Lipinski definition) is 11. The average Bonchev–Trinajstić information content (AvgIpc) is 3.61. The van der Waals surface area contributed by atoms with E-state index in [9.17, 15) is 35.4 Å². The van der Waals surface area contributed by atoms with E-state index in [-0.39, 0.29) is 6.04 Å². The van der Waals surface area contributed by atoms with Crippen LogP contribution in [0.3, 0.4) is 0 Å². The number of esters is 1. The minimum atomic E-state index is -1.79. The fraction of sp³-hybridized carbons (Fsp3) is 0.633. The molecule has 2 aromatic rings. The first-order valence-corrected chi connectivity index (χ1v) is 15.3. The zero-order chi connectivity index (χ0) is 29.9. The average molecular weight is 596 g/mol. The topological polar surface area (TPSA) is 171 Å². The highest BCUT2D eigenvalue weighted by Crippen LogP contribution is 2.33. The molecule has 0 bridgehead atoms. The Morgan fingerprint density at radius 3 is 2.37 bits per heavy atom. The van der Waals surface area contributed by atoms with Crippen LogP contribution in [-0.2, 0) is 11.2 Å². The first-order chi connectivity index (χ1) is 19.7. The number of rotatable bonds is 17. The molecule has 0 spiro atoms. The van der Waals surface area contributed by atoms with Gasteiger partial charge in [0.15, 0.2) is 0 Å². The lowest BCUT2D eigenvalue weighted by atomic mass is 10.0. The van der Waals surface area contributed by atoms with Gasteiger partial charge in [-0.1, -0.05) is 38.3 Å². The van der Waals surface area contributed by atoms with Gasteiger partial charge in [-0.05, 0) is 68.4 Å². The fourth-order valence-electron chi connectivity index (χ4n) is 5.18. The second-order valence-corrected chi connectivity index (χ2v) is 11.9. The van der Waals surface area contributed by atoms with Crippen molar-refractivity contribution in [1.29, 1.82) is 0 Å². The van der Waals surface area contributed by atoms with Gasteiger partial charge < -0.3 is 45.4 Å². The lowest BCUT2D eigenvalue weighted by Crippen LogP contribution is -2.47. The molecule has 230 valence electrons. The fourth-order valence-corrected chi connectivity index (χ4v) is 6.12. The minimum absolute atomic E-state index is 0.183. The summed E-state index contributed by atoms with van der Waals surface area (Å²) in [4.78, 5) is 15.8. The summed E-state index contributed by atoms with van der Waals surface area (Å²) < 4.78 is 5.05. The standard InChI is InChI=1S/C30H45NO9S/c1-2-3-4-8-23(33)19-9-11-21(12-10-19)31-20(13-16-27(31)36)6-5-7-22-14-15-26(41-22)30(39)40-18-25(35)29(38)28(37)24(34)17-32/h9-12,14-15,20,23-25,27-29,32-38H,2-8,13,16-18H2,1H3/t20-,23-,24-,25+,27?,28+,29-/m0/s1. The molecule has 0 saturated carbocycles. The molecule has 11 heteroatoms. The number of ether oxygens (including phenoxy) is 1. The molecule has 7 atom stereocenters. The molecule has 1 aliphatic rings. The van der Waals surface area contributed by atoms with Gasteiger partial charge in [-0.2, -0.15) is 0 Å². The molecule has 1 saturated heterocycles. The van der Waals surface area contributed by atoms with Crippen molar-refractivity contribution in [3.8, 4) is 0 Å². The number of nitrogens with zero attached hydrogens (tertiary/aromatic N) is 1. The van der Waals surface area contributed by atoms with Gasteiger partial charge in [0.2, 0.25) is 0 Å². The van der Waals surface area contributed by atoms with Crippen molar-refractivity contribution >= 4 is 23.0 Å². The Bertz CT molecular complexity index is 1050. The molecule has 1 aromatic heterocycles. The second kappa shape index (κ2) is 16.5. The van der Waals surface area contributed by atoms with Crippen LogP contribution >= 0.6 is 11.3 Å². The third kappa shape index (κ3) is 9.45. The van der Waals surface area contributed by atoms with Gasteiger partial charge in [-0.3, -0.25) is 0 Å². The molecule has 1 aromatic carbocycles. The largest absolute Gasteiger partial charge is 0.459 e. The molecule has 0 aliphatic carbocycles. The molecule has 1 unspecified atom stereocenters. The van der Waals surface area contributed by atoms with Crippen molar-refractivity contribution < 1.29 is 45.3 Å². The lowest BCUT2D eigenvalue weighted by Gasteiger charge is -2.30. The highest BCUT2D eigenvalue weighted by atomic mass is 32.1. The summed E-state index contributed by atoms with van der Waals surface area (Å²) in [5.74, 6) is -0.672. The maximum atomic E-state index is 12.4. The van der Waals surface area contributed by atoms with Crippen molar-refractivity contribution in [2.45, 2.75) is 108 Å². The maximum absolute atomic E-state index is 12.4. The van der Waals surface area contributed by atoms with E-state index < -0.39 is 55.9 Å². The van der Waals surface area contributed by atoms with E-state index in [0.29, 0.717) is 11.3 Å². The van der Waals surface area contributed by atoms with Crippen LogP contribution in [0.4, 0.5) is 5.69 Å². The summed E-state index contributed by atoms with van der Waals surface area (Å²) in [7, 11) is 0. The third-order valence-electron chi connectivity index (χ3n) is 7.66. The van der Waals surface area contributed by atoms with Crippen LogP contribution in [0.2, 0.25) is 0 Å². The smallest absolute Gasteiger partial charge is 0.348 e. The van der Waals surface area contributed by atoms with Crippen molar-refractivity contribution in [3.05, 3.63) is 51.7 Å². The monoisotopic (exact) mass is 595 g/mol. The highest BCUT2D eigenvalue weighted by Gasteiger charge is 2.32. The lowest BCUT2D eigenvalue weighted by molar-refractivity contribution is -0.124. The number of benzene rings is 1. The Morgan fingerprint density at radius 2 is 1.68 bits per heavy atom. The van der Waals surface area contributed by atoms with Crippen LogP contribution in [0.1, 0.15) is 84.5 Å². The van der Waals surface area contributed by atoms with Crippen LogP contribution in [0.15, 0.2) is 36.4 Å². The third-order valence-corrected chi connectivity index (χ3v) is 8.79. The molecular formula is C30H45NO9S. The van der Waals surface area contributed by atoms with Gasteiger partial charge in [0, 0.05) is 16.6 Å². The molecule has 0 amide bonds. The van der Waals surface area contributed by atoms with E-state index in [1.807, 2.05) is 30.3 Å². The van der Waals surface area contributed by atoms with Crippen molar-refractivity contribution in [2.75, 3.05) is 18.1 Å². The number of carbonyl (C=O) groups is 1. The van der Waals surface area contributed by atoms with Gasteiger partial charge in [0.05, 0.1) is 12.7 Å². The van der Waals surface area contributed by atoms with Gasteiger partial charge >= 0.3 is 5.97 Å². The van der Waals surface area contributed by atoms with Gasteiger partial charge in [-0.25, -0.2) is 4.79 Å². The van der Waals surface area contributed by atoms with Crippen LogP contribution < -0.4 is 4.90 Å². The summed E-state index contributed by atoms with van der Waals surface area (Å²) in [6.45, 7) is 0.766. The van der Waals surface area contributed by atoms with Crippen molar-refractivity contribution in [3.63, 3.8) is 0 Å². The number of anilines is 1. The van der Waals surface area contributed by atoms with E-state index in [4.69, 9.17) is 9.84 Å². The second-order valence-electron chi connectivity index (χ2n) is 10.8. The van der Waals surface area contributed by atoms with Crippen LogP contribution in [-0.4, -0.2) is 91.6 Å². The van der Waals surface area contributed by atoms with Gasteiger partial charge in [-0.15, -0.1) is 11.3 Å². The Labute approximate surface area is 245 Å². The number of aliphatic hydroxyl groups is 7. The van der Waals surface area contributed by atoms with E-state index in [1.165, 1.54) is 11.3 Å². The Morgan fingerprint density at radius 1 is 0.976 bits per heavy atom. The van der Waals surface area contributed by atoms with E-state index in [1.54, 1.807) is 6.07 Å². The molecule has 3 rings (SSSR count). The number of carbonyl (C=O) groups excluding carboxylic acids is 1. The summed E-state index contributed by atoms with van der Waals surface area (Å²) in [5, 5.41) is 68.8. The number of aliphatic hydroxyl groups excluding tert-OH is 7. The molecule has 2 heterocycles. The normalized spacial score (nSPS) is 20.9. The summed E-state index contributed by atoms with van der Waals surface area (Å²) >= 11 is 1.28. The molecule has 1 aliphatic heterocycles. The van der Waals surface area contributed by atoms with Crippen LogP contribution in [0, 0.1) is 0 Å². The molecular weight excluding hydrogens is 550 g/mol. The quantitative estimate of drug-likeness (QED) is 0.106. The van der Waals surface area contributed by atoms with Crippen LogP contribution in [0.25, 0.3) is 0 Å². The molecule has 1 fully saturated rings. The predicted molar refractivity (Wildman–Crippen MR) is 156 cm³/mol. The first kappa shape index (κ1) is 33.4. The molecule has 41 heavy (non-hydrogen) atoms. The molecule has 7 N–H and O–H groups in total. The zero-order valence-electron chi connectivity index (χ0n) is 23.6. The molecule has 0 radical (unpaired) electrons. The van der Waals surface area contributed by atoms with Gasteiger partial charge in [0.25, 0.3) is 0 Å². The summed E-state index contributed by atoms with van der Waals surface area (Å²) in [5.41, 5.74) is 1.84. The highest BCUT2D eigenvalue weighted by molar-refractivity contribution is 7.13. The Hall–Kier alpha value is -2.09. The summed E-state index contributed by atoms with van der Waals surface area (Å²) in [6, 6.07) is 11.5. The predicted octanol–water partition coefficient (Wildman–Crippen LogP) is 2.26. The Kier molecular flexibility index (Phi) is 13.5. The van der Waals surface area contributed by atoms with Crippen molar-refractivity contribution in [2.24, 2.45) is 0 Å². The summed E-state index contributed by atoms with van der Waals surface area (Å²) in [6.07, 6.45) is 0.125. The zero-order valence-corrected chi connectivity index (χ0v) is 24.4. The number of aryl methyl sites for hydroxylation is 1. The Balaban J connectivity index is 1.47. The van der Waals surface area contributed by atoms with E-state index in [2.05, 4.69) is 11.8 Å². The van der Waals surface area contributed by atoms with Crippen molar-refractivity contribution in [1.82, 2.24) is 0 Å². The van der Waals surface area contributed by atoms with E-state index in [0.717, 1.165) is 67.5 Å². The number of unbranched alkanes of at least 4 members (excludes halogenated alkanes) is 2. The first-order valence-electron chi connectivity index (χ1n) is 14.5. The SMILES string of the molecule is CCCCC[C@H](O)c1ccc(N2C(O)CC[C@@H]2CCCc2ccc(C(=O)OC[C@@H](O)[C@H](O)[C@H](O)[C@@H](O)CO)s2)cc1. The van der Waals surface area contributed by atoms with E-state index >= 15 is 0 Å².